The van der Waals surface area contributed by atoms with E-state index in [0.717, 1.165) is 12.1 Å². The Morgan fingerprint density at radius 1 is 0.452 bits per heavy atom. The van der Waals surface area contributed by atoms with Crippen molar-refractivity contribution in [3.05, 3.63) is 136 Å². The van der Waals surface area contributed by atoms with Crippen molar-refractivity contribution >= 4 is 0 Å². The topological polar surface area (TPSA) is 280 Å². The van der Waals surface area contributed by atoms with Crippen LogP contribution in [0.4, 0.5) is 0 Å². The molecule has 16 heteroatoms. The zero-order valence-corrected chi connectivity index (χ0v) is 32.5. The SMILES string of the molecule is COc1ccc([C@H]2Oc3c(c4c(c5c3[C@@H](c3ccc(O)cc3O)[C@H](O)[C@@H](c3ccc(O)c(O)c3)O5)[C@H](c3ccc(O)c(O)c3)[C@@H](O)[C@@H](c3ccc(O)cc3O)O4)C[C@@H]2O)cc1O. The van der Waals surface area contributed by atoms with Crippen LogP contribution in [0, 0.1) is 0 Å². The predicted molar refractivity (Wildman–Crippen MR) is 216 cm³/mol. The van der Waals surface area contributed by atoms with E-state index in [9.17, 15) is 61.3 Å². The zero-order chi connectivity index (χ0) is 43.9. The standard InChI is InChI=1S/C46H40O16/c1-59-34-11-4-19(14-32(34)55)41-33(56)17-25-43-37(35(18-2-9-26(49)30(53)12-18)39(57)45(62-43)24-8-6-22(48)16-29(24)52)46-38(44(25)60-41)36(23-7-5-21(47)15-28(23)51)40(58)42(61-46)20-3-10-27(50)31(54)13-20/h2-16,33,35-36,39-42,45,47-58H,17H2,1H3/t33-,35-,36+,39+,40-,41+,42+,45+/m0/s1. The van der Waals surface area contributed by atoms with Gasteiger partial charge in [-0.2, -0.15) is 0 Å². The Morgan fingerprint density at radius 2 is 0.952 bits per heavy atom. The van der Waals surface area contributed by atoms with E-state index < -0.39 is 83.0 Å². The van der Waals surface area contributed by atoms with Gasteiger partial charge in [-0.3, -0.25) is 0 Å². The van der Waals surface area contributed by atoms with E-state index in [4.69, 9.17) is 18.9 Å². The molecule has 0 saturated carbocycles. The van der Waals surface area contributed by atoms with Crippen molar-refractivity contribution in [1.82, 2.24) is 0 Å². The highest BCUT2D eigenvalue weighted by molar-refractivity contribution is 5.72. The third-order valence-corrected chi connectivity index (χ3v) is 11.8. The number of methoxy groups -OCH3 is 1. The van der Waals surface area contributed by atoms with Crippen molar-refractivity contribution in [2.24, 2.45) is 0 Å². The van der Waals surface area contributed by atoms with Crippen molar-refractivity contribution in [2.45, 2.75) is 54.9 Å². The van der Waals surface area contributed by atoms with Gasteiger partial charge in [0.2, 0.25) is 0 Å². The number of ether oxygens (including phenoxy) is 4. The third kappa shape index (κ3) is 6.43. The Kier molecular flexibility index (Phi) is 9.65. The molecule has 0 fully saturated rings. The van der Waals surface area contributed by atoms with E-state index >= 15 is 0 Å². The molecule has 9 rings (SSSR count). The smallest absolute Gasteiger partial charge is 0.160 e. The molecule has 12 N–H and O–H groups in total. The summed E-state index contributed by atoms with van der Waals surface area (Å²) in [6.45, 7) is 0. The van der Waals surface area contributed by atoms with E-state index in [1.54, 1.807) is 6.07 Å². The normalized spacial score (nSPS) is 23.7. The Balaban J connectivity index is 1.38. The van der Waals surface area contributed by atoms with Gasteiger partial charge < -0.3 is 80.2 Å². The average Bonchev–Trinajstić information content (AvgIpc) is 3.23. The van der Waals surface area contributed by atoms with Gasteiger partial charge >= 0.3 is 0 Å². The van der Waals surface area contributed by atoms with Crippen LogP contribution < -0.4 is 18.9 Å². The van der Waals surface area contributed by atoms with Crippen LogP contribution in [0.5, 0.6) is 74.7 Å². The summed E-state index contributed by atoms with van der Waals surface area (Å²) in [5, 5.41) is 133. The highest BCUT2D eigenvalue weighted by Crippen LogP contribution is 2.63. The molecule has 0 aliphatic carbocycles. The number of fused-ring (bicyclic) bond motifs is 6. The minimum atomic E-state index is -1.65. The Hall–Kier alpha value is -7.40. The summed E-state index contributed by atoms with van der Waals surface area (Å²) in [6.07, 6.45) is -8.92. The second kappa shape index (κ2) is 14.9. The molecule has 8 atom stereocenters. The molecule has 62 heavy (non-hydrogen) atoms. The van der Waals surface area contributed by atoms with Crippen molar-refractivity contribution < 1.29 is 80.2 Å². The van der Waals surface area contributed by atoms with E-state index in [2.05, 4.69) is 0 Å². The van der Waals surface area contributed by atoms with Crippen LogP contribution in [0.15, 0.2) is 91.0 Å². The molecular weight excluding hydrogens is 808 g/mol. The van der Waals surface area contributed by atoms with Crippen molar-refractivity contribution in [3.8, 4) is 74.7 Å². The number of hydrogen-bond donors (Lipinski definition) is 12. The fourth-order valence-corrected chi connectivity index (χ4v) is 8.94. The lowest BCUT2D eigenvalue weighted by atomic mass is 9.72. The highest BCUT2D eigenvalue weighted by Gasteiger charge is 2.52. The van der Waals surface area contributed by atoms with Crippen LogP contribution in [0.2, 0.25) is 0 Å². The molecule has 3 heterocycles. The summed E-state index contributed by atoms with van der Waals surface area (Å²) in [4.78, 5) is 0. The Morgan fingerprint density at radius 3 is 1.55 bits per heavy atom. The van der Waals surface area contributed by atoms with Crippen molar-refractivity contribution in [3.63, 3.8) is 0 Å². The molecule has 0 unspecified atom stereocenters. The zero-order valence-electron chi connectivity index (χ0n) is 32.5. The number of benzene rings is 6. The quantitative estimate of drug-likeness (QED) is 0.0943. The largest absolute Gasteiger partial charge is 0.508 e. The van der Waals surface area contributed by atoms with Gasteiger partial charge in [0.15, 0.2) is 46.7 Å². The molecule has 0 radical (unpaired) electrons. The maximum Gasteiger partial charge on any atom is 0.160 e. The number of hydrogen-bond acceptors (Lipinski definition) is 16. The van der Waals surface area contributed by atoms with Crippen LogP contribution in [0.1, 0.15) is 74.7 Å². The second-order valence-electron chi connectivity index (χ2n) is 15.5. The van der Waals surface area contributed by atoms with Crippen LogP contribution >= 0.6 is 0 Å². The van der Waals surface area contributed by atoms with E-state index in [1.807, 2.05) is 0 Å². The molecule has 320 valence electrons. The lowest BCUT2D eigenvalue weighted by Gasteiger charge is -2.46. The number of aromatic hydroxyl groups is 9. The average molecular weight is 849 g/mol. The molecule has 0 aromatic heterocycles. The van der Waals surface area contributed by atoms with Gasteiger partial charge in [0.25, 0.3) is 0 Å². The molecule has 3 aliphatic rings. The molecule has 3 aliphatic heterocycles. The number of aliphatic hydroxyl groups is 3. The van der Waals surface area contributed by atoms with E-state index in [1.165, 1.54) is 79.9 Å². The first-order valence-corrected chi connectivity index (χ1v) is 19.4. The molecule has 0 saturated heterocycles. The lowest BCUT2D eigenvalue weighted by molar-refractivity contribution is -0.0173. The first-order valence-electron chi connectivity index (χ1n) is 19.4. The molecule has 16 nitrogen and oxygen atoms in total. The predicted octanol–water partition coefficient (Wildman–Crippen LogP) is 5.34. The Labute approximate surface area is 351 Å². The molecule has 0 amide bonds. The van der Waals surface area contributed by atoms with Crippen molar-refractivity contribution in [1.29, 1.82) is 0 Å². The van der Waals surface area contributed by atoms with Gasteiger partial charge in [-0.1, -0.05) is 24.3 Å². The molecule has 6 aromatic carbocycles. The summed E-state index contributed by atoms with van der Waals surface area (Å²) < 4.78 is 25.5. The fourth-order valence-electron chi connectivity index (χ4n) is 8.94. The summed E-state index contributed by atoms with van der Waals surface area (Å²) in [7, 11) is 1.37. The van der Waals surface area contributed by atoms with E-state index in [-0.39, 0.29) is 85.6 Å². The van der Waals surface area contributed by atoms with E-state index in [0.29, 0.717) is 5.56 Å². The maximum atomic E-state index is 12.5. The molecule has 0 bridgehead atoms. The minimum absolute atomic E-state index is 0.00902. The van der Waals surface area contributed by atoms with Crippen molar-refractivity contribution in [2.75, 3.05) is 7.11 Å². The number of aliphatic hydroxyl groups excluding tert-OH is 3. The van der Waals surface area contributed by atoms with Gasteiger partial charge in [0.1, 0.15) is 58.6 Å². The van der Waals surface area contributed by atoms with Crippen LogP contribution in [0.25, 0.3) is 0 Å². The first kappa shape index (κ1) is 40.0. The molecular formula is C46H40O16. The highest BCUT2D eigenvalue weighted by atomic mass is 16.5. The minimum Gasteiger partial charge on any atom is -0.508 e. The lowest BCUT2D eigenvalue weighted by Crippen LogP contribution is -2.41. The number of phenols is 9. The summed E-state index contributed by atoms with van der Waals surface area (Å²) in [5.41, 5.74) is 1.11. The molecule has 6 aromatic rings. The van der Waals surface area contributed by atoms with Crippen LogP contribution in [-0.2, 0) is 6.42 Å². The maximum absolute atomic E-state index is 12.5. The number of rotatable bonds is 6. The van der Waals surface area contributed by atoms with Gasteiger partial charge in [-0.05, 0) is 71.3 Å². The third-order valence-electron chi connectivity index (χ3n) is 11.8. The van der Waals surface area contributed by atoms with Gasteiger partial charge in [0.05, 0.1) is 13.2 Å². The molecule has 0 spiro atoms. The van der Waals surface area contributed by atoms with Gasteiger partial charge in [-0.15, -0.1) is 0 Å². The fraction of sp³-hybridized carbons (Fsp3) is 0.217. The van der Waals surface area contributed by atoms with Crippen LogP contribution in [0.3, 0.4) is 0 Å². The monoisotopic (exact) mass is 848 g/mol. The number of phenolic OH excluding ortho intramolecular Hbond substituents is 9. The first-order chi connectivity index (χ1) is 29.6. The Bertz CT molecular complexity index is 2750. The summed E-state index contributed by atoms with van der Waals surface area (Å²) in [5.74, 6) is -6.34. The second-order valence-corrected chi connectivity index (χ2v) is 15.5. The van der Waals surface area contributed by atoms with Gasteiger partial charge in [-0.25, -0.2) is 0 Å². The van der Waals surface area contributed by atoms with Crippen LogP contribution in [-0.4, -0.2) is 86.7 Å². The summed E-state index contributed by atoms with van der Waals surface area (Å²) in [6, 6.07) is 19.5. The summed E-state index contributed by atoms with van der Waals surface area (Å²) >= 11 is 0. The van der Waals surface area contributed by atoms with Gasteiger partial charge in [0, 0.05) is 58.2 Å².